The first-order valence-electron chi connectivity index (χ1n) is 3.23. The molecule has 0 saturated carbocycles. The number of aliphatic hydroxyl groups excluding tert-OH is 2. The van der Waals surface area contributed by atoms with Crippen LogP contribution in [0.3, 0.4) is 0 Å². The highest BCUT2D eigenvalue weighted by Crippen LogP contribution is 1.98. The normalized spacial score (nSPS) is 17.3. The molecule has 0 aliphatic carbocycles. The van der Waals surface area contributed by atoms with Crippen LogP contribution in [0.5, 0.6) is 0 Å². The second kappa shape index (κ2) is 4.73. The quantitative estimate of drug-likeness (QED) is 0.483. The van der Waals surface area contributed by atoms with Gasteiger partial charge in [-0.25, -0.2) is 0 Å². The molecule has 0 fully saturated rings. The van der Waals surface area contributed by atoms with Gasteiger partial charge in [0.05, 0.1) is 12.2 Å². The molecule has 0 amide bonds. The second-order valence-electron chi connectivity index (χ2n) is 2.32. The second-order valence-corrected chi connectivity index (χ2v) is 2.32. The van der Waals surface area contributed by atoms with Crippen molar-refractivity contribution < 1.29 is 10.2 Å². The van der Waals surface area contributed by atoms with Gasteiger partial charge in [-0.1, -0.05) is 0 Å². The maximum absolute atomic E-state index is 8.87. The van der Waals surface area contributed by atoms with Gasteiger partial charge in [0.25, 0.3) is 0 Å². The van der Waals surface area contributed by atoms with Crippen LogP contribution in [0.15, 0.2) is 0 Å². The number of nitrogens with two attached hydrogens (primary N) is 1. The van der Waals surface area contributed by atoms with Gasteiger partial charge in [-0.05, 0) is 19.8 Å². The van der Waals surface area contributed by atoms with Crippen molar-refractivity contribution in [2.75, 3.05) is 6.54 Å². The number of hydrogen-bond donors (Lipinski definition) is 3. The van der Waals surface area contributed by atoms with E-state index in [0.717, 1.165) is 0 Å². The van der Waals surface area contributed by atoms with Crippen LogP contribution in [0.2, 0.25) is 0 Å². The first-order valence-corrected chi connectivity index (χ1v) is 3.23. The van der Waals surface area contributed by atoms with Crippen molar-refractivity contribution in [3.05, 3.63) is 0 Å². The molecular formula is C6H15NO2. The smallest absolute Gasteiger partial charge is 0.0663 e. The van der Waals surface area contributed by atoms with Crippen molar-refractivity contribution >= 4 is 0 Å². The first-order chi connectivity index (χ1) is 4.16. The highest BCUT2D eigenvalue weighted by atomic mass is 16.3. The molecule has 2 unspecified atom stereocenters. The van der Waals surface area contributed by atoms with Crippen LogP contribution in [0.4, 0.5) is 0 Å². The third-order valence-corrected chi connectivity index (χ3v) is 1.19. The summed E-state index contributed by atoms with van der Waals surface area (Å²) in [5.41, 5.74) is 5.13. The average molecular weight is 133 g/mol. The number of hydrogen-bond acceptors (Lipinski definition) is 3. The van der Waals surface area contributed by atoms with Crippen molar-refractivity contribution in [2.45, 2.75) is 32.0 Å². The lowest BCUT2D eigenvalue weighted by Crippen LogP contribution is -2.20. The van der Waals surface area contributed by atoms with E-state index in [-0.39, 0.29) is 12.6 Å². The number of aliphatic hydroxyl groups is 2. The lowest BCUT2D eigenvalue weighted by atomic mass is 10.1. The van der Waals surface area contributed by atoms with E-state index < -0.39 is 6.10 Å². The van der Waals surface area contributed by atoms with Crippen LogP contribution in [0.1, 0.15) is 19.8 Å². The van der Waals surface area contributed by atoms with Gasteiger partial charge < -0.3 is 15.9 Å². The SMILES string of the molecule is CC(O)CCC(O)CN. The van der Waals surface area contributed by atoms with Gasteiger partial charge >= 0.3 is 0 Å². The van der Waals surface area contributed by atoms with E-state index in [2.05, 4.69) is 0 Å². The van der Waals surface area contributed by atoms with Gasteiger partial charge in [-0.3, -0.25) is 0 Å². The van der Waals surface area contributed by atoms with Gasteiger partial charge in [0, 0.05) is 6.54 Å². The third-order valence-electron chi connectivity index (χ3n) is 1.19. The van der Waals surface area contributed by atoms with Gasteiger partial charge in [-0.15, -0.1) is 0 Å². The molecule has 9 heavy (non-hydrogen) atoms. The Morgan fingerprint density at radius 2 is 1.89 bits per heavy atom. The van der Waals surface area contributed by atoms with Crippen LogP contribution >= 0.6 is 0 Å². The van der Waals surface area contributed by atoms with E-state index in [1.54, 1.807) is 6.92 Å². The van der Waals surface area contributed by atoms with Crippen LogP contribution in [0.25, 0.3) is 0 Å². The third kappa shape index (κ3) is 5.76. The van der Waals surface area contributed by atoms with Crippen LogP contribution < -0.4 is 5.73 Å². The van der Waals surface area contributed by atoms with Gasteiger partial charge in [0.15, 0.2) is 0 Å². The van der Waals surface area contributed by atoms with Gasteiger partial charge in [0.2, 0.25) is 0 Å². The zero-order chi connectivity index (χ0) is 7.28. The molecule has 0 aromatic rings. The summed E-state index contributed by atoms with van der Waals surface area (Å²) in [5.74, 6) is 0. The Balaban J connectivity index is 3.06. The van der Waals surface area contributed by atoms with E-state index in [1.807, 2.05) is 0 Å². The standard InChI is InChI=1S/C6H15NO2/c1-5(8)2-3-6(9)4-7/h5-6,8-9H,2-4,7H2,1H3. The lowest BCUT2D eigenvalue weighted by Gasteiger charge is -2.07. The zero-order valence-electron chi connectivity index (χ0n) is 5.75. The minimum Gasteiger partial charge on any atom is -0.393 e. The van der Waals surface area contributed by atoms with Crippen LogP contribution in [-0.4, -0.2) is 29.0 Å². The Kier molecular flexibility index (Phi) is 4.67. The summed E-state index contributed by atoms with van der Waals surface area (Å²) in [5, 5.41) is 17.6. The van der Waals surface area contributed by atoms with Crippen LogP contribution in [-0.2, 0) is 0 Å². The first kappa shape index (κ1) is 8.88. The molecular weight excluding hydrogens is 118 g/mol. The van der Waals surface area contributed by atoms with Crippen molar-refractivity contribution in [1.29, 1.82) is 0 Å². The van der Waals surface area contributed by atoms with E-state index in [4.69, 9.17) is 15.9 Å². The predicted octanol–water partition coefficient (Wildman–Crippen LogP) is -0.533. The van der Waals surface area contributed by atoms with Crippen LogP contribution in [0, 0.1) is 0 Å². The Bertz CT molecular complexity index is 66.1. The predicted molar refractivity (Wildman–Crippen MR) is 36.0 cm³/mol. The summed E-state index contributed by atoms with van der Waals surface area (Å²) in [4.78, 5) is 0. The fourth-order valence-corrected chi connectivity index (χ4v) is 0.551. The van der Waals surface area contributed by atoms with E-state index in [9.17, 15) is 0 Å². The Hall–Kier alpha value is -0.120. The molecule has 4 N–H and O–H groups in total. The van der Waals surface area contributed by atoms with Crippen molar-refractivity contribution in [2.24, 2.45) is 5.73 Å². The fraction of sp³-hybridized carbons (Fsp3) is 1.00. The van der Waals surface area contributed by atoms with Gasteiger partial charge in [-0.2, -0.15) is 0 Å². The summed E-state index contributed by atoms with van der Waals surface area (Å²) in [7, 11) is 0. The van der Waals surface area contributed by atoms with Crippen molar-refractivity contribution in [3.8, 4) is 0 Å². The molecule has 0 saturated heterocycles. The van der Waals surface area contributed by atoms with Crippen molar-refractivity contribution in [3.63, 3.8) is 0 Å². The van der Waals surface area contributed by atoms with Crippen molar-refractivity contribution in [1.82, 2.24) is 0 Å². The minimum absolute atomic E-state index is 0.284. The molecule has 0 radical (unpaired) electrons. The monoisotopic (exact) mass is 133 g/mol. The molecule has 0 aliphatic rings. The maximum Gasteiger partial charge on any atom is 0.0663 e. The molecule has 0 rings (SSSR count). The van der Waals surface area contributed by atoms with E-state index in [0.29, 0.717) is 12.8 Å². The molecule has 2 atom stereocenters. The molecule has 0 heterocycles. The average Bonchev–Trinajstić information content (AvgIpc) is 1.83. The highest BCUT2D eigenvalue weighted by molar-refractivity contribution is 4.57. The Morgan fingerprint density at radius 1 is 1.33 bits per heavy atom. The lowest BCUT2D eigenvalue weighted by molar-refractivity contribution is 0.127. The topological polar surface area (TPSA) is 66.5 Å². The number of rotatable bonds is 4. The molecule has 0 spiro atoms. The molecule has 3 heteroatoms. The fourth-order valence-electron chi connectivity index (χ4n) is 0.551. The summed E-state index contributed by atoms with van der Waals surface area (Å²) in [6.45, 7) is 1.98. The summed E-state index contributed by atoms with van der Waals surface area (Å²) >= 11 is 0. The summed E-state index contributed by atoms with van der Waals surface area (Å²) in [6.07, 6.45) is 0.442. The van der Waals surface area contributed by atoms with Gasteiger partial charge in [0.1, 0.15) is 0 Å². The molecule has 0 bridgehead atoms. The molecule has 0 aromatic carbocycles. The zero-order valence-corrected chi connectivity index (χ0v) is 5.75. The molecule has 3 nitrogen and oxygen atoms in total. The highest BCUT2D eigenvalue weighted by Gasteiger charge is 2.02. The molecule has 0 aromatic heterocycles. The summed E-state index contributed by atoms with van der Waals surface area (Å²) < 4.78 is 0. The van der Waals surface area contributed by atoms with E-state index in [1.165, 1.54) is 0 Å². The largest absolute Gasteiger partial charge is 0.393 e. The maximum atomic E-state index is 8.87. The minimum atomic E-state index is -0.445. The van der Waals surface area contributed by atoms with E-state index >= 15 is 0 Å². The molecule has 0 aliphatic heterocycles. The summed E-state index contributed by atoms with van der Waals surface area (Å²) in [6, 6.07) is 0. The Labute approximate surface area is 55.5 Å². The Morgan fingerprint density at radius 3 is 2.22 bits per heavy atom. The molecule has 56 valence electrons.